The first-order chi connectivity index (χ1) is 13.6. The van der Waals surface area contributed by atoms with Gasteiger partial charge in [-0.15, -0.1) is 0 Å². The number of benzene rings is 1. The lowest BCUT2D eigenvalue weighted by molar-refractivity contribution is -0.117. The molecule has 0 unspecified atom stereocenters. The van der Waals surface area contributed by atoms with Crippen LogP contribution in [0.2, 0.25) is 0 Å². The summed E-state index contributed by atoms with van der Waals surface area (Å²) >= 11 is 0. The van der Waals surface area contributed by atoms with Gasteiger partial charge in [0.15, 0.2) is 11.5 Å². The van der Waals surface area contributed by atoms with Crippen LogP contribution in [-0.4, -0.2) is 33.9 Å². The fourth-order valence-corrected chi connectivity index (χ4v) is 3.10. The third-order valence-electron chi connectivity index (χ3n) is 4.40. The van der Waals surface area contributed by atoms with Crippen molar-refractivity contribution in [1.29, 1.82) is 0 Å². The summed E-state index contributed by atoms with van der Waals surface area (Å²) in [7, 11) is 1.54. The second kappa shape index (κ2) is 6.99. The summed E-state index contributed by atoms with van der Waals surface area (Å²) in [5.74, 6) is -1.31. The zero-order valence-electron chi connectivity index (χ0n) is 14.8. The van der Waals surface area contributed by atoms with Crippen molar-refractivity contribution in [1.82, 2.24) is 9.97 Å². The van der Waals surface area contributed by atoms with Gasteiger partial charge in [-0.3, -0.25) is 14.5 Å². The number of carbonyl (C=O) groups is 2. The molecule has 4 rings (SSSR count). The minimum atomic E-state index is -0.918. The van der Waals surface area contributed by atoms with Crippen molar-refractivity contribution in [2.45, 2.75) is 6.04 Å². The van der Waals surface area contributed by atoms with E-state index in [0.717, 1.165) is 0 Å². The molecule has 0 fully saturated rings. The molecule has 1 N–H and O–H groups in total. The molecule has 3 aromatic rings. The summed E-state index contributed by atoms with van der Waals surface area (Å²) in [6.07, 6.45) is 4.30. The topological polar surface area (TPSA) is 106 Å². The van der Waals surface area contributed by atoms with Gasteiger partial charge in [0.25, 0.3) is 5.91 Å². The van der Waals surface area contributed by atoms with E-state index >= 15 is 0 Å². The molecule has 8 nitrogen and oxygen atoms in total. The van der Waals surface area contributed by atoms with E-state index in [2.05, 4.69) is 9.97 Å². The number of methoxy groups -OCH3 is 1. The smallest absolute Gasteiger partial charge is 0.296 e. The van der Waals surface area contributed by atoms with Crippen LogP contribution < -0.4 is 9.64 Å². The SMILES string of the molecule is COc1ccc([C@H]2C(C(=O)c3ccco3)=C(O)C(=O)N2c2ncccn2)cc1. The molecule has 3 heterocycles. The Hall–Kier alpha value is -3.94. The van der Waals surface area contributed by atoms with Gasteiger partial charge in [0.1, 0.15) is 5.75 Å². The van der Waals surface area contributed by atoms with E-state index in [1.807, 2.05) is 0 Å². The maximum Gasteiger partial charge on any atom is 0.296 e. The van der Waals surface area contributed by atoms with Crippen molar-refractivity contribution in [2.75, 3.05) is 12.0 Å². The first-order valence-corrected chi connectivity index (χ1v) is 8.37. The van der Waals surface area contributed by atoms with Crippen LogP contribution in [0.1, 0.15) is 22.2 Å². The Morgan fingerprint density at radius 1 is 1.14 bits per heavy atom. The van der Waals surface area contributed by atoms with Crippen LogP contribution in [0.25, 0.3) is 0 Å². The summed E-state index contributed by atoms with van der Waals surface area (Å²) in [6.45, 7) is 0. The van der Waals surface area contributed by atoms with Crippen molar-refractivity contribution >= 4 is 17.6 Å². The largest absolute Gasteiger partial charge is 0.503 e. The number of nitrogens with zero attached hydrogens (tertiary/aromatic N) is 3. The van der Waals surface area contributed by atoms with Crippen molar-refractivity contribution in [2.24, 2.45) is 0 Å². The lowest BCUT2D eigenvalue weighted by Gasteiger charge is -2.24. The predicted molar refractivity (Wildman–Crippen MR) is 97.9 cm³/mol. The molecular formula is C20H15N3O5. The fourth-order valence-electron chi connectivity index (χ4n) is 3.10. The molecule has 0 radical (unpaired) electrons. The van der Waals surface area contributed by atoms with Gasteiger partial charge in [-0.1, -0.05) is 12.1 Å². The second-order valence-corrected chi connectivity index (χ2v) is 5.97. The van der Waals surface area contributed by atoms with E-state index in [-0.39, 0.29) is 17.3 Å². The molecule has 0 saturated carbocycles. The standard InChI is InChI=1S/C20H15N3O5/c1-27-13-7-5-12(6-8-13)16-15(17(24)14-4-2-11-28-14)18(25)19(26)23(16)20-21-9-3-10-22-20/h2-11,16,25H,1H3/t16-/m0/s1. The van der Waals surface area contributed by atoms with E-state index in [1.54, 1.807) is 36.4 Å². The van der Waals surface area contributed by atoms with Gasteiger partial charge in [-0.05, 0) is 35.9 Å². The summed E-state index contributed by atoms with van der Waals surface area (Å²) in [6, 6.07) is 10.5. The Morgan fingerprint density at radius 2 is 1.86 bits per heavy atom. The third-order valence-corrected chi connectivity index (χ3v) is 4.40. The number of hydrogen-bond acceptors (Lipinski definition) is 7. The number of hydrogen-bond donors (Lipinski definition) is 1. The Balaban J connectivity index is 1.86. The van der Waals surface area contributed by atoms with Gasteiger partial charge in [-0.25, -0.2) is 9.97 Å². The van der Waals surface area contributed by atoms with Crippen molar-refractivity contribution in [3.63, 3.8) is 0 Å². The van der Waals surface area contributed by atoms with Crippen LogP contribution in [0.15, 0.2) is 76.9 Å². The Labute approximate surface area is 159 Å². The molecule has 0 bridgehead atoms. The predicted octanol–water partition coefficient (Wildman–Crippen LogP) is 2.86. The molecule has 1 amide bonds. The number of aromatic nitrogens is 2. The maximum atomic E-state index is 13.0. The highest BCUT2D eigenvalue weighted by molar-refractivity contribution is 6.19. The number of ketones is 1. The minimum Gasteiger partial charge on any atom is -0.503 e. The summed E-state index contributed by atoms with van der Waals surface area (Å²) in [5.41, 5.74) is 0.484. The van der Waals surface area contributed by atoms with Gasteiger partial charge >= 0.3 is 0 Å². The van der Waals surface area contributed by atoms with Gasteiger partial charge < -0.3 is 14.3 Å². The number of Topliss-reactive ketones (excluding diaryl/α,β-unsaturated/α-hetero) is 1. The van der Waals surface area contributed by atoms with E-state index in [1.165, 1.54) is 36.7 Å². The first-order valence-electron chi connectivity index (χ1n) is 8.37. The fraction of sp³-hybridized carbons (Fsp3) is 0.100. The molecular weight excluding hydrogens is 362 g/mol. The van der Waals surface area contributed by atoms with Crippen LogP contribution in [0, 0.1) is 0 Å². The van der Waals surface area contributed by atoms with Crippen molar-refractivity contribution in [3.05, 3.63) is 83.8 Å². The molecule has 1 aliphatic rings. The number of aliphatic hydroxyl groups excluding tert-OH is 1. The van der Waals surface area contributed by atoms with Gasteiger partial charge in [0.05, 0.1) is 25.0 Å². The molecule has 140 valence electrons. The average Bonchev–Trinajstić information content (AvgIpc) is 3.36. The lowest BCUT2D eigenvalue weighted by atomic mass is 9.95. The number of aliphatic hydroxyl groups is 1. The van der Waals surface area contributed by atoms with Crippen LogP contribution in [-0.2, 0) is 4.79 Å². The number of carbonyl (C=O) groups excluding carboxylic acids is 2. The molecule has 1 aromatic carbocycles. The molecule has 0 saturated heterocycles. The number of furan rings is 1. The summed E-state index contributed by atoms with van der Waals surface area (Å²) < 4.78 is 10.3. The molecule has 28 heavy (non-hydrogen) atoms. The number of rotatable bonds is 5. The Bertz CT molecular complexity index is 1040. The molecule has 2 aromatic heterocycles. The van der Waals surface area contributed by atoms with E-state index < -0.39 is 23.5 Å². The van der Waals surface area contributed by atoms with Gasteiger partial charge in [0.2, 0.25) is 11.7 Å². The Morgan fingerprint density at radius 3 is 2.46 bits per heavy atom. The highest BCUT2D eigenvalue weighted by atomic mass is 16.5. The zero-order chi connectivity index (χ0) is 19.7. The van der Waals surface area contributed by atoms with Crippen molar-refractivity contribution in [3.8, 4) is 5.75 Å². The maximum absolute atomic E-state index is 13.0. The summed E-state index contributed by atoms with van der Waals surface area (Å²) in [4.78, 5) is 35.2. The highest BCUT2D eigenvalue weighted by Crippen LogP contribution is 2.41. The van der Waals surface area contributed by atoms with Crippen LogP contribution in [0.3, 0.4) is 0 Å². The third kappa shape index (κ3) is 2.81. The molecule has 1 atom stereocenters. The lowest BCUT2D eigenvalue weighted by Crippen LogP contribution is -2.32. The van der Waals surface area contributed by atoms with E-state index in [9.17, 15) is 14.7 Å². The Kier molecular flexibility index (Phi) is 4.36. The molecule has 0 aliphatic carbocycles. The highest BCUT2D eigenvalue weighted by Gasteiger charge is 2.46. The second-order valence-electron chi connectivity index (χ2n) is 5.97. The van der Waals surface area contributed by atoms with Gasteiger partial charge in [-0.2, -0.15) is 0 Å². The molecule has 0 spiro atoms. The number of ether oxygens (including phenoxy) is 1. The minimum absolute atomic E-state index is 0.0173. The van der Waals surface area contributed by atoms with Crippen molar-refractivity contribution < 1.29 is 23.8 Å². The molecule has 1 aliphatic heterocycles. The normalized spacial score (nSPS) is 16.5. The quantitative estimate of drug-likeness (QED) is 0.682. The van der Waals surface area contributed by atoms with Crippen LogP contribution in [0.4, 0.5) is 5.95 Å². The monoisotopic (exact) mass is 377 g/mol. The van der Waals surface area contributed by atoms with E-state index in [0.29, 0.717) is 11.3 Å². The molecule has 8 heteroatoms. The average molecular weight is 377 g/mol. The van der Waals surface area contributed by atoms with Crippen LogP contribution >= 0.6 is 0 Å². The van der Waals surface area contributed by atoms with E-state index in [4.69, 9.17) is 9.15 Å². The number of anilines is 1. The first kappa shape index (κ1) is 17.5. The zero-order valence-corrected chi connectivity index (χ0v) is 14.8. The van der Waals surface area contributed by atoms with Gasteiger partial charge in [0, 0.05) is 12.4 Å². The van der Waals surface area contributed by atoms with Crippen LogP contribution in [0.5, 0.6) is 5.75 Å². The number of amides is 1. The summed E-state index contributed by atoms with van der Waals surface area (Å²) in [5, 5.41) is 10.5.